The number of halogens is 3. The van der Waals surface area contributed by atoms with Crippen LogP contribution in [0.2, 0.25) is 0 Å². The van der Waals surface area contributed by atoms with Crippen LogP contribution in [0.25, 0.3) is 0 Å². The molecule has 0 aromatic heterocycles. The van der Waals surface area contributed by atoms with Crippen molar-refractivity contribution in [1.82, 2.24) is 5.32 Å². The summed E-state index contributed by atoms with van der Waals surface area (Å²) < 4.78 is 40.5. The Hall–Kier alpha value is -2.50. The quantitative estimate of drug-likeness (QED) is 0.854. The van der Waals surface area contributed by atoms with Crippen molar-refractivity contribution >= 4 is 11.6 Å². The van der Waals surface area contributed by atoms with E-state index in [1.807, 2.05) is 0 Å². The molecule has 2 aromatic carbocycles. The molecule has 110 valence electrons. The number of nitrogen functional groups attached to an aromatic ring is 1. The Morgan fingerprint density at radius 1 is 1.19 bits per heavy atom. The number of rotatable bonds is 3. The lowest BCUT2D eigenvalue weighted by atomic mass is 10.1. The second-order valence-corrected chi connectivity index (χ2v) is 4.57. The van der Waals surface area contributed by atoms with Crippen LogP contribution in [0.15, 0.2) is 36.4 Å². The maximum atomic E-state index is 13.7. The Morgan fingerprint density at radius 2 is 1.86 bits per heavy atom. The van der Waals surface area contributed by atoms with Crippen molar-refractivity contribution < 1.29 is 18.0 Å². The predicted molar refractivity (Wildman–Crippen MR) is 73.1 cm³/mol. The van der Waals surface area contributed by atoms with E-state index in [-0.39, 0.29) is 5.56 Å². The van der Waals surface area contributed by atoms with E-state index in [1.165, 1.54) is 25.1 Å². The van der Waals surface area contributed by atoms with E-state index < -0.39 is 40.7 Å². The van der Waals surface area contributed by atoms with Crippen molar-refractivity contribution in [3.8, 4) is 0 Å². The minimum atomic E-state index is -1.00. The van der Waals surface area contributed by atoms with Gasteiger partial charge in [0.25, 0.3) is 5.91 Å². The minimum absolute atomic E-state index is 0.246. The predicted octanol–water partition coefficient (Wildman–Crippen LogP) is 3.18. The van der Waals surface area contributed by atoms with Gasteiger partial charge in [0.2, 0.25) is 0 Å². The SMILES string of the molecule is CC(NC(=O)c1cc(F)cc(N)c1F)c1ccccc1F. The molecule has 2 rings (SSSR count). The van der Waals surface area contributed by atoms with Gasteiger partial charge in [0.15, 0.2) is 5.82 Å². The Morgan fingerprint density at radius 3 is 2.52 bits per heavy atom. The van der Waals surface area contributed by atoms with Crippen LogP contribution in [0.4, 0.5) is 18.9 Å². The first-order valence-corrected chi connectivity index (χ1v) is 6.20. The summed E-state index contributed by atoms with van der Waals surface area (Å²) in [7, 11) is 0. The number of hydrogen-bond donors (Lipinski definition) is 2. The van der Waals surface area contributed by atoms with Gasteiger partial charge in [-0.3, -0.25) is 4.79 Å². The zero-order chi connectivity index (χ0) is 15.6. The van der Waals surface area contributed by atoms with Crippen molar-refractivity contribution in [1.29, 1.82) is 0 Å². The van der Waals surface area contributed by atoms with Crippen LogP contribution in [0.3, 0.4) is 0 Å². The molecule has 3 nitrogen and oxygen atoms in total. The summed E-state index contributed by atoms with van der Waals surface area (Å²) in [5.41, 5.74) is 4.54. The third kappa shape index (κ3) is 3.16. The van der Waals surface area contributed by atoms with Gasteiger partial charge < -0.3 is 11.1 Å². The molecule has 0 saturated carbocycles. The number of carbonyl (C=O) groups is 1. The molecule has 0 aliphatic carbocycles. The first kappa shape index (κ1) is 14.9. The molecule has 6 heteroatoms. The van der Waals surface area contributed by atoms with Crippen LogP contribution in [0, 0.1) is 17.5 Å². The molecule has 1 unspecified atom stereocenters. The van der Waals surface area contributed by atoms with E-state index >= 15 is 0 Å². The molecule has 0 heterocycles. The summed E-state index contributed by atoms with van der Waals surface area (Å²) in [6.07, 6.45) is 0. The smallest absolute Gasteiger partial charge is 0.254 e. The first-order valence-electron chi connectivity index (χ1n) is 6.20. The Labute approximate surface area is 119 Å². The summed E-state index contributed by atoms with van der Waals surface area (Å²) in [6, 6.07) is 6.70. The third-order valence-corrected chi connectivity index (χ3v) is 3.03. The average Bonchev–Trinajstić information content (AvgIpc) is 2.43. The van der Waals surface area contributed by atoms with Crippen LogP contribution in [0.5, 0.6) is 0 Å². The maximum Gasteiger partial charge on any atom is 0.254 e. The average molecular weight is 294 g/mol. The number of nitrogens with two attached hydrogens (primary N) is 1. The summed E-state index contributed by atoms with van der Waals surface area (Å²) in [5, 5.41) is 2.41. The van der Waals surface area contributed by atoms with E-state index in [0.29, 0.717) is 0 Å². The number of anilines is 1. The topological polar surface area (TPSA) is 55.1 Å². The Bertz CT molecular complexity index is 689. The van der Waals surface area contributed by atoms with Gasteiger partial charge in [-0.1, -0.05) is 18.2 Å². The fraction of sp³-hybridized carbons (Fsp3) is 0.133. The zero-order valence-corrected chi connectivity index (χ0v) is 11.2. The molecule has 0 saturated heterocycles. The van der Waals surface area contributed by atoms with E-state index in [0.717, 1.165) is 12.1 Å². The summed E-state index contributed by atoms with van der Waals surface area (Å²) in [6.45, 7) is 1.54. The van der Waals surface area contributed by atoms with Gasteiger partial charge in [0.1, 0.15) is 11.6 Å². The molecular weight excluding hydrogens is 281 g/mol. The maximum absolute atomic E-state index is 13.7. The number of carbonyl (C=O) groups excluding carboxylic acids is 1. The third-order valence-electron chi connectivity index (χ3n) is 3.03. The molecule has 0 bridgehead atoms. The van der Waals surface area contributed by atoms with Crippen molar-refractivity contribution in [3.63, 3.8) is 0 Å². The fourth-order valence-electron chi connectivity index (χ4n) is 1.95. The molecule has 2 aromatic rings. The molecule has 0 aliphatic rings. The normalized spacial score (nSPS) is 12.0. The molecular formula is C15H13F3N2O. The highest BCUT2D eigenvalue weighted by Crippen LogP contribution is 2.20. The standard InChI is InChI=1S/C15H13F3N2O/c1-8(10-4-2-3-5-12(10)17)20-15(21)11-6-9(16)7-13(19)14(11)18/h2-8H,19H2,1H3,(H,20,21). The molecule has 1 atom stereocenters. The molecule has 3 N–H and O–H groups in total. The van der Waals surface area contributed by atoms with Gasteiger partial charge in [0.05, 0.1) is 17.3 Å². The minimum Gasteiger partial charge on any atom is -0.396 e. The Balaban J connectivity index is 2.25. The van der Waals surface area contributed by atoms with Crippen molar-refractivity contribution in [2.75, 3.05) is 5.73 Å². The van der Waals surface area contributed by atoms with E-state index in [9.17, 15) is 18.0 Å². The number of amides is 1. The number of benzene rings is 2. The lowest BCUT2D eigenvalue weighted by Crippen LogP contribution is -2.28. The van der Waals surface area contributed by atoms with Crippen LogP contribution in [0.1, 0.15) is 28.9 Å². The van der Waals surface area contributed by atoms with Crippen LogP contribution >= 0.6 is 0 Å². The lowest BCUT2D eigenvalue weighted by molar-refractivity contribution is 0.0935. The highest BCUT2D eigenvalue weighted by Gasteiger charge is 2.19. The van der Waals surface area contributed by atoms with Gasteiger partial charge in [-0.25, -0.2) is 13.2 Å². The number of nitrogens with one attached hydrogen (secondary N) is 1. The molecule has 0 spiro atoms. The fourth-order valence-corrected chi connectivity index (χ4v) is 1.95. The van der Waals surface area contributed by atoms with E-state index in [2.05, 4.69) is 5.32 Å². The zero-order valence-electron chi connectivity index (χ0n) is 11.2. The van der Waals surface area contributed by atoms with Crippen molar-refractivity contribution in [2.24, 2.45) is 0 Å². The van der Waals surface area contributed by atoms with Gasteiger partial charge in [-0.15, -0.1) is 0 Å². The van der Waals surface area contributed by atoms with E-state index in [4.69, 9.17) is 5.73 Å². The van der Waals surface area contributed by atoms with Gasteiger partial charge >= 0.3 is 0 Å². The van der Waals surface area contributed by atoms with E-state index in [1.54, 1.807) is 6.07 Å². The first-order chi connectivity index (χ1) is 9.90. The van der Waals surface area contributed by atoms with Crippen molar-refractivity contribution in [3.05, 3.63) is 65.0 Å². The molecule has 0 fully saturated rings. The van der Waals surface area contributed by atoms with Gasteiger partial charge in [0, 0.05) is 5.56 Å². The van der Waals surface area contributed by atoms with Crippen LogP contribution in [-0.2, 0) is 0 Å². The highest BCUT2D eigenvalue weighted by atomic mass is 19.1. The second kappa shape index (κ2) is 5.87. The van der Waals surface area contributed by atoms with Crippen LogP contribution < -0.4 is 11.1 Å². The van der Waals surface area contributed by atoms with Crippen LogP contribution in [-0.4, -0.2) is 5.91 Å². The van der Waals surface area contributed by atoms with Gasteiger partial charge in [-0.05, 0) is 25.1 Å². The summed E-state index contributed by atoms with van der Waals surface area (Å²) >= 11 is 0. The number of hydrogen-bond acceptors (Lipinski definition) is 2. The Kier molecular flexibility index (Phi) is 4.16. The highest BCUT2D eigenvalue weighted by molar-refractivity contribution is 5.95. The second-order valence-electron chi connectivity index (χ2n) is 4.57. The molecule has 21 heavy (non-hydrogen) atoms. The largest absolute Gasteiger partial charge is 0.396 e. The summed E-state index contributed by atoms with van der Waals surface area (Å²) in [5.74, 6) is -3.19. The molecule has 1 amide bonds. The molecule has 0 radical (unpaired) electrons. The molecule has 0 aliphatic heterocycles. The van der Waals surface area contributed by atoms with Crippen molar-refractivity contribution in [2.45, 2.75) is 13.0 Å². The van der Waals surface area contributed by atoms with Gasteiger partial charge in [-0.2, -0.15) is 0 Å². The lowest BCUT2D eigenvalue weighted by Gasteiger charge is -2.15. The summed E-state index contributed by atoms with van der Waals surface area (Å²) in [4.78, 5) is 12.0. The monoisotopic (exact) mass is 294 g/mol.